The second-order valence-corrected chi connectivity index (χ2v) is 4.51. The number of hydrogen-bond acceptors (Lipinski definition) is 2. The number of urea groups is 2. The van der Waals surface area contributed by atoms with E-state index in [1.54, 1.807) is 24.3 Å². The summed E-state index contributed by atoms with van der Waals surface area (Å²) < 4.78 is 0. The highest BCUT2D eigenvalue weighted by Gasteiger charge is 2.27. The minimum Gasteiger partial charge on any atom is -0.350 e. The van der Waals surface area contributed by atoms with Gasteiger partial charge in [-0.3, -0.25) is 0 Å². The lowest BCUT2D eigenvalue weighted by molar-refractivity contribution is 0.149. The minimum absolute atomic E-state index is 0.0209. The van der Waals surface area contributed by atoms with Crippen molar-refractivity contribution < 1.29 is 9.59 Å². The molecule has 0 saturated heterocycles. The molecule has 0 heterocycles. The lowest BCUT2D eigenvalue weighted by Gasteiger charge is -2.26. The van der Waals surface area contributed by atoms with Crippen LogP contribution in [0.15, 0.2) is 30.3 Å². The average Bonchev–Trinajstić information content (AvgIpc) is 2.90. The van der Waals surface area contributed by atoms with Crippen LogP contribution in [-0.2, 0) is 0 Å². The highest BCUT2D eigenvalue weighted by atomic mass is 16.2. The van der Waals surface area contributed by atoms with Gasteiger partial charge in [0.25, 0.3) is 0 Å². The number of hydrogen-bond donors (Lipinski definition) is 2. The molecule has 4 amide bonds. The summed E-state index contributed by atoms with van der Waals surface area (Å²) in [4.78, 5) is 23.1. The van der Waals surface area contributed by atoms with Crippen molar-refractivity contribution in [2.24, 2.45) is 5.73 Å². The Hall–Kier alpha value is -2.24. The number of hydrazine groups is 1. The third kappa shape index (κ3) is 3.61. The first-order chi connectivity index (χ1) is 9.16. The molecule has 1 aliphatic rings. The molecule has 6 nitrogen and oxygen atoms in total. The van der Waals surface area contributed by atoms with Crippen molar-refractivity contribution in [1.82, 2.24) is 15.8 Å². The Morgan fingerprint density at radius 1 is 1.21 bits per heavy atom. The second-order valence-electron chi connectivity index (χ2n) is 4.51. The molecule has 0 aromatic heterocycles. The predicted molar refractivity (Wildman–Crippen MR) is 70.4 cm³/mol. The van der Waals surface area contributed by atoms with Gasteiger partial charge in [-0.25, -0.2) is 20.0 Å². The molecule has 0 aliphatic heterocycles. The van der Waals surface area contributed by atoms with Crippen LogP contribution in [0.1, 0.15) is 25.7 Å². The highest BCUT2D eigenvalue weighted by Crippen LogP contribution is 2.22. The van der Waals surface area contributed by atoms with Crippen molar-refractivity contribution in [2.45, 2.75) is 31.7 Å². The molecule has 0 atom stereocenters. The van der Waals surface area contributed by atoms with E-state index in [4.69, 9.17) is 5.73 Å². The van der Waals surface area contributed by atoms with Crippen molar-refractivity contribution in [3.63, 3.8) is 0 Å². The average molecular weight is 261 g/mol. The van der Waals surface area contributed by atoms with Gasteiger partial charge in [0.2, 0.25) is 0 Å². The van der Waals surface area contributed by atoms with Crippen molar-refractivity contribution >= 4 is 17.7 Å². The van der Waals surface area contributed by atoms with Crippen molar-refractivity contribution in [3.8, 4) is 0 Å². The number of carbonyl (C=O) groups excluding carboxylic acids is 2. The Morgan fingerprint density at radius 3 is 2.42 bits per heavy atom. The molecule has 3 N–H and O–H groups in total. The van der Waals surface area contributed by atoms with E-state index in [-0.39, 0.29) is 6.04 Å². The zero-order valence-electron chi connectivity index (χ0n) is 10.6. The Kier molecular flexibility index (Phi) is 4.22. The van der Waals surface area contributed by atoms with Crippen molar-refractivity contribution in [3.05, 3.63) is 30.3 Å². The highest BCUT2D eigenvalue weighted by molar-refractivity contribution is 5.82. The summed E-state index contributed by atoms with van der Waals surface area (Å²) in [5.41, 5.74) is 8.29. The van der Waals surface area contributed by atoms with Crippen LogP contribution in [0.5, 0.6) is 0 Å². The number of nitrogens with two attached hydrogens (primary N) is 1. The monoisotopic (exact) mass is 261 g/mol. The van der Waals surface area contributed by atoms with E-state index >= 15 is 0 Å². The second kappa shape index (κ2) is 6.08. The van der Waals surface area contributed by atoms with Crippen LogP contribution < -0.4 is 16.5 Å². The summed E-state index contributed by atoms with van der Waals surface area (Å²) >= 11 is 0. The fraction of sp³-hybridized carbons (Fsp3) is 0.385. The van der Waals surface area contributed by atoms with Crippen LogP contribution >= 0.6 is 0 Å². The SMILES string of the molecule is NC(=O)N(NC(=O)[N]c1ccccc1)C1CCCC1. The molecule has 0 unspecified atom stereocenters. The Labute approximate surface area is 111 Å². The molecule has 1 aromatic rings. The number of para-hydroxylation sites is 1. The molecule has 101 valence electrons. The molecule has 6 heteroatoms. The smallest absolute Gasteiger partial charge is 0.350 e. The van der Waals surface area contributed by atoms with Crippen molar-refractivity contribution in [1.29, 1.82) is 0 Å². The summed E-state index contributed by atoms with van der Waals surface area (Å²) in [6.07, 6.45) is 3.80. The van der Waals surface area contributed by atoms with Gasteiger partial charge in [0.15, 0.2) is 0 Å². The topological polar surface area (TPSA) is 89.5 Å². The number of nitrogens with one attached hydrogen (secondary N) is 1. The van der Waals surface area contributed by atoms with Gasteiger partial charge in [0, 0.05) is 0 Å². The molecule has 0 spiro atoms. The molecule has 1 aliphatic carbocycles. The zero-order chi connectivity index (χ0) is 13.7. The number of amides is 4. The Balaban J connectivity index is 1.93. The molecular weight excluding hydrogens is 244 g/mol. The van der Waals surface area contributed by atoms with Crippen LogP contribution in [0.2, 0.25) is 0 Å². The van der Waals surface area contributed by atoms with Gasteiger partial charge in [0.05, 0.1) is 11.7 Å². The minimum atomic E-state index is -0.650. The van der Waals surface area contributed by atoms with Crippen molar-refractivity contribution in [2.75, 3.05) is 0 Å². The maximum atomic E-state index is 11.8. The lowest BCUT2D eigenvalue weighted by atomic mass is 10.2. The normalized spacial score (nSPS) is 14.9. The largest absolute Gasteiger partial charge is 0.360 e. The van der Waals surface area contributed by atoms with Gasteiger partial charge < -0.3 is 5.73 Å². The number of carbonyl (C=O) groups is 2. The third-order valence-corrected chi connectivity index (χ3v) is 3.13. The maximum Gasteiger partial charge on any atom is 0.360 e. The zero-order valence-corrected chi connectivity index (χ0v) is 10.6. The molecule has 19 heavy (non-hydrogen) atoms. The van der Waals surface area contributed by atoms with Crippen LogP contribution in [-0.4, -0.2) is 23.1 Å². The fourth-order valence-electron chi connectivity index (χ4n) is 2.24. The molecule has 1 radical (unpaired) electrons. The van der Waals surface area contributed by atoms with Gasteiger partial charge >= 0.3 is 12.1 Å². The lowest BCUT2D eigenvalue weighted by Crippen LogP contribution is -2.54. The summed E-state index contributed by atoms with van der Waals surface area (Å²) in [6, 6.07) is 7.58. The van der Waals surface area contributed by atoms with E-state index in [2.05, 4.69) is 10.7 Å². The molecule has 0 bridgehead atoms. The molecule has 1 aromatic carbocycles. The molecular formula is C13H17N4O2. The summed E-state index contributed by atoms with van der Waals surface area (Å²) in [5.74, 6) is 0. The van der Waals surface area contributed by atoms with Crippen LogP contribution in [0.4, 0.5) is 15.3 Å². The summed E-state index contributed by atoms with van der Waals surface area (Å²) in [6.45, 7) is 0. The van der Waals surface area contributed by atoms with Gasteiger partial charge in [-0.05, 0) is 25.0 Å². The Morgan fingerprint density at radius 2 is 1.84 bits per heavy atom. The van der Waals surface area contributed by atoms with E-state index in [1.807, 2.05) is 6.07 Å². The number of benzene rings is 1. The predicted octanol–water partition coefficient (Wildman–Crippen LogP) is 1.87. The van der Waals surface area contributed by atoms with Crippen LogP contribution in [0.3, 0.4) is 0 Å². The first-order valence-corrected chi connectivity index (χ1v) is 6.33. The molecule has 1 fully saturated rings. The van der Waals surface area contributed by atoms with E-state index in [9.17, 15) is 9.59 Å². The Bertz CT molecular complexity index is 443. The van der Waals surface area contributed by atoms with Gasteiger partial charge in [-0.15, -0.1) is 0 Å². The van der Waals surface area contributed by atoms with Crippen LogP contribution in [0, 0.1) is 0 Å². The summed E-state index contributed by atoms with van der Waals surface area (Å²) in [5, 5.41) is 5.05. The summed E-state index contributed by atoms with van der Waals surface area (Å²) in [7, 11) is 0. The first kappa shape index (κ1) is 13.2. The third-order valence-electron chi connectivity index (χ3n) is 3.13. The quantitative estimate of drug-likeness (QED) is 0.796. The van der Waals surface area contributed by atoms with E-state index in [0.717, 1.165) is 25.7 Å². The van der Waals surface area contributed by atoms with Gasteiger partial charge in [-0.1, -0.05) is 31.0 Å². The first-order valence-electron chi connectivity index (χ1n) is 6.33. The van der Waals surface area contributed by atoms with Crippen LogP contribution in [0.25, 0.3) is 0 Å². The fourth-order valence-corrected chi connectivity index (χ4v) is 2.24. The molecule has 1 saturated carbocycles. The standard InChI is InChI=1S/C13H17N4O2/c14-12(18)17(11-8-4-5-9-11)16-13(19)15-10-6-2-1-3-7-10/h1-3,6-7,11H,4-5,8-9H2,(H2,14,18)(H,16,19). The van der Waals surface area contributed by atoms with Gasteiger partial charge in [0.1, 0.15) is 0 Å². The molecule has 2 rings (SSSR count). The number of primary amides is 1. The van der Waals surface area contributed by atoms with E-state index in [1.165, 1.54) is 5.01 Å². The maximum absolute atomic E-state index is 11.8. The number of rotatable bonds is 2. The number of nitrogens with zero attached hydrogens (tertiary/aromatic N) is 2. The van der Waals surface area contributed by atoms with E-state index < -0.39 is 12.1 Å². The van der Waals surface area contributed by atoms with Gasteiger partial charge in [-0.2, -0.15) is 5.32 Å². The van der Waals surface area contributed by atoms with E-state index in [0.29, 0.717) is 5.69 Å².